The van der Waals surface area contributed by atoms with E-state index in [-0.39, 0.29) is 24.4 Å². The molecule has 4 nitrogen and oxygen atoms in total. The molecule has 1 atom stereocenters. The quantitative estimate of drug-likeness (QED) is 0.890. The van der Waals surface area contributed by atoms with Gasteiger partial charge in [-0.2, -0.15) is 11.8 Å². The van der Waals surface area contributed by atoms with E-state index in [2.05, 4.69) is 29.2 Å². The number of amides is 1. The van der Waals surface area contributed by atoms with Gasteiger partial charge >= 0.3 is 0 Å². The summed E-state index contributed by atoms with van der Waals surface area (Å²) >= 11 is 1.74. The van der Waals surface area contributed by atoms with Crippen molar-refractivity contribution in [2.75, 3.05) is 43.1 Å². The number of halogens is 1. The summed E-state index contributed by atoms with van der Waals surface area (Å²) < 4.78 is 0. The van der Waals surface area contributed by atoms with E-state index in [1.807, 2.05) is 17.2 Å². The van der Waals surface area contributed by atoms with Crippen LogP contribution in [0.1, 0.15) is 12.8 Å². The number of thioether (sulfide) groups is 1. The normalized spacial score (nSPS) is 16.6. The molecule has 6 heteroatoms. The molecule has 1 heterocycles. The van der Waals surface area contributed by atoms with E-state index in [1.165, 1.54) is 5.69 Å². The van der Waals surface area contributed by atoms with Gasteiger partial charge in [-0.3, -0.25) is 4.79 Å². The van der Waals surface area contributed by atoms with Crippen LogP contribution in [0.25, 0.3) is 0 Å². The van der Waals surface area contributed by atoms with Crippen LogP contribution >= 0.6 is 24.2 Å². The molecule has 1 saturated heterocycles. The molecule has 0 saturated carbocycles. The topological polar surface area (TPSA) is 49.6 Å². The smallest absolute Gasteiger partial charge is 0.239 e. The number of carbonyl (C=O) groups is 1. The lowest BCUT2D eigenvalue weighted by atomic mass is 10.2. The number of rotatable bonds is 5. The highest BCUT2D eigenvalue weighted by Gasteiger charge is 2.23. The second-order valence-corrected chi connectivity index (χ2v) is 6.38. The van der Waals surface area contributed by atoms with Crippen LogP contribution in [0, 0.1) is 0 Å². The fourth-order valence-electron chi connectivity index (χ4n) is 2.64. The van der Waals surface area contributed by atoms with E-state index < -0.39 is 0 Å². The molecule has 2 rings (SSSR count). The third-order valence-corrected chi connectivity index (χ3v) is 4.52. The Balaban J connectivity index is 0.00000242. The van der Waals surface area contributed by atoms with Crippen LogP contribution < -0.4 is 10.6 Å². The fourth-order valence-corrected chi connectivity index (χ4v) is 3.13. The SMILES string of the molecule is CSCC[C@H](N)C(=O)N1CCCN(c2ccccc2)CC1.Cl. The minimum absolute atomic E-state index is 0. The van der Waals surface area contributed by atoms with E-state index in [1.54, 1.807) is 11.8 Å². The molecular weight excluding hydrogens is 318 g/mol. The minimum atomic E-state index is -0.347. The van der Waals surface area contributed by atoms with E-state index in [4.69, 9.17) is 5.73 Å². The lowest BCUT2D eigenvalue weighted by molar-refractivity contribution is -0.132. The number of para-hydroxylation sites is 1. The van der Waals surface area contributed by atoms with Gasteiger partial charge in [-0.1, -0.05) is 18.2 Å². The molecule has 0 radical (unpaired) electrons. The zero-order chi connectivity index (χ0) is 15.1. The summed E-state index contributed by atoms with van der Waals surface area (Å²) in [5.74, 6) is 1.05. The Kier molecular flexibility index (Phi) is 8.68. The first-order valence-electron chi connectivity index (χ1n) is 7.55. The summed E-state index contributed by atoms with van der Waals surface area (Å²) in [7, 11) is 0. The van der Waals surface area contributed by atoms with E-state index >= 15 is 0 Å². The summed E-state index contributed by atoms with van der Waals surface area (Å²) in [6.07, 6.45) is 3.80. The second kappa shape index (κ2) is 9.98. The molecular formula is C16H26ClN3OS. The number of carbonyl (C=O) groups excluding carboxylic acids is 1. The average molecular weight is 344 g/mol. The van der Waals surface area contributed by atoms with E-state index in [9.17, 15) is 4.79 Å². The van der Waals surface area contributed by atoms with Crippen LogP contribution in [-0.2, 0) is 4.79 Å². The van der Waals surface area contributed by atoms with Crippen molar-refractivity contribution < 1.29 is 4.79 Å². The van der Waals surface area contributed by atoms with Crippen molar-refractivity contribution >= 4 is 35.8 Å². The first kappa shape index (κ1) is 19.1. The number of nitrogens with two attached hydrogens (primary N) is 1. The van der Waals surface area contributed by atoms with Crippen molar-refractivity contribution in [3.05, 3.63) is 30.3 Å². The van der Waals surface area contributed by atoms with Gasteiger partial charge in [0.25, 0.3) is 0 Å². The van der Waals surface area contributed by atoms with Crippen molar-refractivity contribution in [1.82, 2.24) is 4.90 Å². The predicted molar refractivity (Wildman–Crippen MR) is 98.1 cm³/mol. The van der Waals surface area contributed by atoms with Crippen LogP contribution in [0.2, 0.25) is 0 Å². The average Bonchev–Trinajstić information content (AvgIpc) is 2.78. The van der Waals surface area contributed by atoms with E-state index in [0.29, 0.717) is 0 Å². The monoisotopic (exact) mass is 343 g/mol. The number of nitrogens with zero attached hydrogens (tertiary/aromatic N) is 2. The Labute approximate surface area is 143 Å². The molecule has 124 valence electrons. The van der Waals surface area contributed by atoms with Gasteiger partial charge in [-0.25, -0.2) is 0 Å². The summed E-state index contributed by atoms with van der Waals surface area (Å²) in [5.41, 5.74) is 7.25. The molecule has 1 fully saturated rings. The third kappa shape index (κ3) is 5.38. The number of benzene rings is 1. The predicted octanol–water partition coefficient (Wildman–Crippen LogP) is 2.23. The van der Waals surface area contributed by atoms with Gasteiger partial charge < -0.3 is 15.5 Å². The molecule has 0 bridgehead atoms. The lowest BCUT2D eigenvalue weighted by Crippen LogP contribution is -2.45. The molecule has 1 aromatic carbocycles. The Morgan fingerprint density at radius 2 is 1.95 bits per heavy atom. The first-order valence-corrected chi connectivity index (χ1v) is 8.95. The maximum atomic E-state index is 12.4. The summed E-state index contributed by atoms with van der Waals surface area (Å²) in [5, 5.41) is 0. The largest absolute Gasteiger partial charge is 0.370 e. The minimum Gasteiger partial charge on any atom is -0.370 e. The van der Waals surface area contributed by atoms with Crippen LogP contribution in [-0.4, -0.2) is 55.0 Å². The summed E-state index contributed by atoms with van der Waals surface area (Å²) in [6.45, 7) is 3.45. The van der Waals surface area contributed by atoms with Crippen molar-refractivity contribution in [2.24, 2.45) is 5.73 Å². The number of hydrogen-bond acceptors (Lipinski definition) is 4. The zero-order valence-corrected chi connectivity index (χ0v) is 14.7. The van der Waals surface area contributed by atoms with Gasteiger partial charge in [0.05, 0.1) is 6.04 Å². The Bertz CT molecular complexity index is 446. The zero-order valence-electron chi connectivity index (χ0n) is 13.1. The fraction of sp³-hybridized carbons (Fsp3) is 0.562. The van der Waals surface area contributed by atoms with Crippen LogP contribution in [0.15, 0.2) is 30.3 Å². The molecule has 1 aliphatic heterocycles. The van der Waals surface area contributed by atoms with Gasteiger partial charge in [0.1, 0.15) is 0 Å². The maximum absolute atomic E-state index is 12.4. The molecule has 0 aromatic heterocycles. The van der Waals surface area contributed by atoms with Gasteiger partial charge in [-0.15, -0.1) is 12.4 Å². The Morgan fingerprint density at radius 1 is 1.23 bits per heavy atom. The highest BCUT2D eigenvalue weighted by molar-refractivity contribution is 7.98. The van der Waals surface area contributed by atoms with Crippen molar-refractivity contribution in [3.63, 3.8) is 0 Å². The molecule has 1 aliphatic rings. The Hall–Kier alpha value is -0.910. The van der Waals surface area contributed by atoms with Crippen LogP contribution in [0.3, 0.4) is 0 Å². The third-order valence-electron chi connectivity index (χ3n) is 3.88. The molecule has 22 heavy (non-hydrogen) atoms. The molecule has 1 aromatic rings. The van der Waals surface area contributed by atoms with E-state index in [0.717, 1.165) is 44.8 Å². The maximum Gasteiger partial charge on any atom is 0.239 e. The molecule has 0 spiro atoms. The van der Waals surface area contributed by atoms with Crippen LogP contribution in [0.5, 0.6) is 0 Å². The van der Waals surface area contributed by atoms with Crippen molar-refractivity contribution in [1.29, 1.82) is 0 Å². The standard InChI is InChI=1S/C16H25N3OS.ClH/c1-21-13-8-15(17)16(20)19-10-5-9-18(11-12-19)14-6-3-2-4-7-14;/h2-4,6-7,15H,5,8-13,17H2,1H3;1H/t15-;/m0./s1. The molecule has 1 amide bonds. The first-order chi connectivity index (χ1) is 10.2. The summed E-state index contributed by atoms with van der Waals surface area (Å²) in [4.78, 5) is 16.7. The van der Waals surface area contributed by atoms with Crippen molar-refractivity contribution in [2.45, 2.75) is 18.9 Å². The molecule has 0 unspecified atom stereocenters. The van der Waals surface area contributed by atoms with Gasteiger partial charge in [0.15, 0.2) is 0 Å². The number of hydrogen-bond donors (Lipinski definition) is 1. The lowest BCUT2D eigenvalue weighted by Gasteiger charge is -2.25. The highest BCUT2D eigenvalue weighted by Crippen LogP contribution is 2.16. The van der Waals surface area contributed by atoms with Gasteiger partial charge in [0, 0.05) is 31.9 Å². The highest BCUT2D eigenvalue weighted by atomic mass is 35.5. The molecule has 2 N–H and O–H groups in total. The van der Waals surface area contributed by atoms with Gasteiger partial charge in [-0.05, 0) is 37.0 Å². The van der Waals surface area contributed by atoms with Crippen molar-refractivity contribution in [3.8, 4) is 0 Å². The Morgan fingerprint density at radius 3 is 2.64 bits per heavy atom. The van der Waals surface area contributed by atoms with Crippen LogP contribution in [0.4, 0.5) is 5.69 Å². The molecule has 0 aliphatic carbocycles. The summed E-state index contributed by atoms with van der Waals surface area (Å²) in [6, 6.07) is 10.1. The number of anilines is 1. The second-order valence-electron chi connectivity index (χ2n) is 5.39. The van der Waals surface area contributed by atoms with Gasteiger partial charge in [0.2, 0.25) is 5.91 Å².